The summed E-state index contributed by atoms with van der Waals surface area (Å²) in [5, 5.41) is 10.9. The van der Waals surface area contributed by atoms with Crippen molar-refractivity contribution in [2.75, 3.05) is 0 Å². The Morgan fingerprint density at radius 2 is 1.81 bits per heavy atom. The number of hydrogen-bond acceptors (Lipinski definition) is 5. The number of aromatic hydroxyl groups is 1. The number of ketones is 2. The largest absolute Gasteiger partial charge is 0.507 e. The maximum atomic E-state index is 13.2. The van der Waals surface area contributed by atoms with Crippen LogP contribution in [0, 0.1) is 6.92 Å². The predicted molar refractivity (Wildman–Crippen MR) is 112 cm³/mol. The minimum absolute atomic E-state index is 0.0525. The van der Waals surface area contributed by atoms with E-state index in [4.69, 9.17) is 0 Å². The van der Waals surface area contributed by atoms with Gasteiger partial charge in [0.2, 0.25) is 0 Å². The summed E-state index contributed by atoms with van der Waals surface area (Å²) in [6.45, 7) is 3.54. The van der Waals surface area contributed by atoms with Gasteiger partial charge in [-0.2, -0.15) is 0 Å². The molecule has 1 aliphatic heterocycles. The summed E-state index contributed by atoms with van der Waals surface area (Å²) >= 11 is 0. The van der Waals surface area contributed by atoms with Crippen molar-refractivity contribution in [1.82, 2.24) is 13.9 Å². The van der Waals surface area contributed by atoms with Crippen LogP contribution in [0.2, 0.25) is 0 Å². The number of allylic oxidation sites excluding steroid dienone is 6. The molecule has 0 fully saturated rings. The molecule has 1 aromatic carbocycles. The molecule has 1 aromatic heterocycles. The molecule has 2 aromatic rings. The Bertz CT molecular complexity index is 1410. The number of phenolic OH excluding ortho intramolecular Hbond substituents is 1. The number of rotatable bonds is 1. The Morgan fingerprint density at radius 1 is 1.06 bits per heavy atom. The molecule has 0 amide bonds. The molecule has 0 bridgehead atoms. The minimum Gasteiger partial charge on any atom is -0.507 e. The van der Waals surface area contributed by atoms with Crippen LogP contribution in [-0.4, -0.2) is 30.6 Å². The zero-order valence-corrected chi connectivity index (χ0v) is 17.4. The molecular formula is C23H21N3O5. The minimum atomic E-state index is -0.676. The maximum absolute atomic E-state index is 13.2. The summed E-state index contributed by atoms with van der Waals surface area (Å²) in [6.07, 6.45) is 3.31. The van der Waals surface area contributed by atoms with Crippen molar-refractivity contribution in [3.63, 3.8) is 0 Å². The fraction of sp³-hybridized carbons (Fsp3) is 0.304. The van der Waals surface area contributed by atoms with Crippen LogP contribution in [0.25, 0.3) is 0 Å². The molecule has 5 rings (SSSR count). The van der Waals surface area contributed by atoms with Crippen LogP contribution < -0.4 is 11.4 Å². The number of hydrogen-bond donors (Lipinski definition) is 1. The quantitative estimate of drug-likeness (QED) is 0.556. The SMILES string of the molecule is CC1=CC(=O)C2=C(C1=O)[C@@H](c1cccc(C)c1O)C1=CCn3c(=O)n(C)c(=O)n3[C@@H]1C2. The smallest absolute Gasteiger partial charge is 0.347 e. The van der Waals surface area contributed by atoms with Gasteiger partial charge in [0.1, 0.15) is 5.75 Å². The number of para-hydroxylation sites is 1. The van der Waals surface area contributed by atoms with Crippen LogP contribution in [0.4, 0.5) is 0 Å². The van der Waals surface area contributed by atoms with E-state index in [2.05, 4.69) is 0 Å². The second-order valence-electron chi connectivity index (χ2n) is 8.33. The first-order chi connectivity index (χ1) is 14.7. The number of carbonyl (C=O) groups excluding carboxylic acids is 2. The Hall–Kier alpha value is -3.68. The van der Waals surface area contributed by atoms with Crippen LogP contribution in [0.3, 0.4) is 0 Å². The molecule has 1 N–H and O–H groups in total. The highest BCUT2D eigenvalue weighted by Gasteiger charge is 2.45. The number of Topliss-reactive ketones (excluding diaryl/α,β-unsaturated/α-hetero) is 1. The third-order valence-electron chi connectivity index (χ3n) is 6.60. The standard InChI is InChI=1S/C23H21N3O5/c1-11-5-4-6-14(20(11)28)18-13-7-8-25-22(30)24(3)23(31)26(25)16(13)10-15-17(27)9-12(2)21(29)19(15)18/h4-7,9,16,18,28H,8,10H2,1-3H3/t16-,18-/m1/s1. The van der Waals surface area contributed by atoms with Gasteiger partial charge in [0.15, 0.2) is 11.6 Å². The first-order valence-electron chi connectivity index (χ1n) is 10.1. The van der Waals surface area contributed by atoms with Gasteiger partial charge >= 0.3 is 11.4 Å². The van der Waals surface area contributed by atoms with Crippen molar-refractivity contribution < 1.29 is 14.7 Å². The Labute approximate surface area is 177 Å². The molecule has 0 saturated heterocycles. The average molecular weight is 419 g/mol. The van der Waals surface area contributed by atoms with E-state index in [0.717, 1.165) is 10.1 Å². The highest BCUT2D eigenvalue weighted by atomic mass is 16.3. The monoisotopic (exact) mass is 419 g/mol. The Balaban J connectivity index is 1.82. The van der Waals surface area contributed by atoms with Crippen LogP contribution in [0.1, 0.15) is 36.4 Å². The van der Waals surface area contributed by atoms with Gasteiger partial charge in [-0.15, -0.1) is 0 Å². The van der Waals surface area contributed by atoms with Crippen molar-refractivity contribution in [2.24, 2.45) is 7.05 Å². The molecule has 31 heavy (non-hydrogen) atoms. The van der Waals surface area contributed by atoms with Crippen molar-refractivity contribution in [3.05, 3.63) is 84.7 Å². The molecular weight excluding hydrogens is 398 g/mol. The molecule has 8 nitrogen and oxygen atoms in total. The number of aromatic nitrogens is 3. The molecule has 158 valence electrons. The van der Waals surface area contributed by atoms with E-state index in [0.29, 0.717) is 27.8 Å². The number of carbonyl (C=O) groups is 2. The topological polar surface area (TPSA) is 103 Å². The average Bonchev–Trinajstić information content (AvgIpc) is 2.97. The lowest BCUT2D eigenvalue weighted by Crippen LogP contribution is -2.40. The van der Waals surface area contributed by atoms with Crippen molar-refractivity contribution in [3.8, 4) is 5.75 Å². The normalized spacial score (nSPS) is 22.5. The second kappa shape index (κ2) is 6.41. The molecule has 8 heteroatoms. The highest BCUT2D eigenvalue weighted by molar-refractivity contribution is 6.23. The summed E-state index contributed by atoms with van der Waals surface area (Å²) in [4.78, 5) is 51.5. The summed E-state index contributed by atoms with van der Waals surface area (Å²) < 4.78 is 3.77. The number of aryl methyl sites for hydroxylation is 1. The van der Waals surface area contributed by atoms with E-state index in [1.54, 1.807) is 32.0 Å². The third kappa shape index (κ3) is 2.47. The maximum Gasteiger partial charge on any atom is 0.347 e. The van der Waals surface area contributed by atoms with Gasteiger partial charge in [-0.05, 0) is 31.1 Å². The number of nitrogens with zero attached hydrogens (tertiary/aromatic N) is 3. The van der Waals surface area contributed by atoms with Gasteiger partial charge in [0.25, 0.3) is 0 Å². The number of benzene rings is 1. The zero-order chi connectivity index (χ0) is 22.2. The highest BCUT2D eigenvalue weighted by Crippen LogP contribution is 2.51. The van der Waals surface area contributed by atoms with E-state index in [9.17, 15) is 24.3 Å². The number of phenols is 1. The van der Waals surface area contributed by atoms with E-state index in [1.165, 1.54) is 22.5 Å². The van der Waals surface area contributed by atoms with E-state index in [-0.39, 0.29) is 30.3 Å². The van der Waals surface area contributed by atoms with Gasteiger partial charge < -0.3 is 5.11 Å². The molecule has 0 saturated carbocycles. The first-order valence-corrected chi connectivity index (χ1v) is 10.1. The van der Waals surface area contributed by atoms with Crippen LogP contribution >= 0.6 is 0 Å². The van der Waals surface area contributed by atoms with Crippen LogP contribution in [-0.2, 0) is 23.2 Å². The summed E-state index contributed by atoms with van der Waals surface area (Å²) in [6, 6.07) is 4.70. The summed E-state index contributed by atoms with van der Waals surface area (Å²) in [7, 11) is 1.42. The molecule has 2 atom stereocenters. The molecule has 0 spiro atoms. The van der Waals surface area contributed by atoms with Crippen molar-refractivity contribution in [2.45, 2.75) is 38.8 Å². The summed E-state index contributed by atoms with van der Waals surface area (Å²) in [5.41, 5.74) is 2.03. The molecule has 2 aliphatic carbocycles. The van der Waals surface area contributed by atoms with Gasteiger partial charge in [0.05, 0.1) is 12.6 Å². The fourth-order valence-corrected chi connectivity index (χ4v) is 5.01. The van der Waals surface area contributed by atoms with E-state index in [1.807, 2.05) is 6.08 Å². The van der Waals surface area contributed by atoms with E-state index >= 15 is 0 Å². The van der Waals surface area contributed by atoms with Crippen molar-refractivity contribution in [1.29, 1.82) is 0 Å². The van der Waals surface area contributed by atoms with Crippen LogP contribution in [0.5, 0.6) is 5.75 Å². The molecule has 3 aliphatic rings. The Kier molecular flexibility index (Phi) is 3.99. The van der Waals surface area contributed by atoms with Gasteiger partial charge in [0, 0.05) is 41.7 Å². The predicted octanol–water partition coefficient (Wildman–Crippen LogP) is 1.43. The molecule has 0 radical (unpaired) electrons. The molecule has 2 heterocycles. The Morgan fingerprint density at radius 3 is 2.55 bits per heavy atom. The number of fused-ring (bicyclic) bond motifs is 3. The van der Waals surface area contributed by atoms with Gasteiger partial charge in [-0.3, -0.25) is 9.59 Å². The first kappa shape index (κ1) is 19.3. The van der Waals surface area contributed by atoms with E-state index < -0.39 is 23.3 Å². The van der Waals surface area contributed by atoms with Crippen LogP contribution in [0.15, 0.2) is 62.2 Å². The lowest BCUT2D eigenvalue weighted by atomic mass is 9.67. The van der Waals surface area contributed by atoms with Gasteiger partial charge in [-0.25, -0.2) is 23.5 Å². The lowest BCUT2D eigenvalue weighted by Gasteiger charge is -2.39. The second-order valence-corrected chi connectivity index (χ2v) is 8.33. The third-order valence-corrected chi connectivity index (χ3v) is 6.60. The molecule has 0 unspecified atom stereocenters. The summed E-state index contributed by atoms with van der Waals surface area (Å²) in [5.74, 6) is -1.13. The van der Waals surface area contributed by atoms with Gasteiger partial charge in [-0.1, -0.05) is 24.3 Å². The lowest BCUT2D eigenvalue weighted by molar-refractivity contribution is -0.116. The van der Waals surface area contributed by atoms with Crippen molar-refractivity contribution >= 4 is 11.6 Å². The zero-order valence-electron chi connectivity index (χ0n) is 17.4. The fourth-order valence-electron chi connectivity index (χ4n) is 5.01.